The van der Waals surface area contributed by atoms with Gasteiger partial charge >= 0.3 is 5.97 Å². The summed E-state index contributed by atoms with van der Waals surface area (Å²) in [6.07, 6.45) is 1.41. The predicted octanol–water partition coefficient (Wildman–Crippen LogP) is 3.35. The van der Waals surface area contributed by atoms with Gasteiger partial charge < -0.3 is 20.1 Å². The van der Waals surface area contributed by atoms with Gasteiger partial charge in [-0.3, -0.25) is 4.79 Å². The number of carboxylic acid groups (broad SMARTS) is 1. The number of benzene rings is 1. The smallest absolute Gasteiger partial charge is 0.355 e. The van der Waals surface area contributed by atoms with Crippen LogP contribution in [-0.2, 0) is 4.79 Å². The summed E-state index contributed by atoms with van der Waals surface area (Å²) in [7, 11) is 1.65. The van der Waals surface area contributed by atoms with Gasteiger partial charge in [0.2, 0.25) is 5.91 Å². The van der Waals surface area contributed by atoms with Crippen molar-refractivity contribution in [2.24, 2.45) is 0 Å². The first-order chi connectivity index (χ1) is 13.5. The van der Waals surface area contributed by atoms with Crippen LogP contribution in [0.5, 0.6) is 5.75 Å². The van der Waals surface area contributed by atoms with Crippen molar-refractivity contribution >= 4 is 40.7 Å². The third kappa shape index (κ3) is 4.96. The quantitative estimate of drug-likeness (QED) is 0.600. The normalized spacial score (nSPS) is 16.4. The van der Waals surface area contributed by atoms with Crippen LogP contribution in [0.4, 0.5) is 5.69 Å². The zero-order valence-electron chi connectivity index (χ0n) is 15.8. The Labute approximate surface area is 172 Å². The molecule has 1 aliphatic rings. The van der Waals surface area contributed by atoms with E-state index >= 15 is 0 Å². The molecule has 1 aliphatic heterocycles. The van der Waals surface area contributed by atoms with Gasteiger partial charge in [-0.25, -0.2) is 9.78 Å². The summed E-state index contributed by atoms with van der Waals surface area (Å²) in [6.45, 7) is 3.35. The molecule has 9 heteroatoms. The van der Waals surface area contributed by atoms with E-state index in [2.05, 4.69) is 10.3 Å². The van der Waals surface area contributed by atoms with Crippen molar-refractivity contribution in [1.82, 2.24) is 9.88 Å². The Morgan fingerprint density at radius 1 is 1.50 bits per heavy atom. The van der Waals surface area contributed by atoms with E-state index in [4.69, 9.17) is 9.84 Å². The van der Waals surface area contributed by atoms with Crippen molar-refractivity contribution in [1.29, 1.82) is 0 Å². The van der Waals surface area contributed by atoms with Gasteiger partial charge in [0.1, 0.15) is 5.75 Å². The zero-order chi connectivity index (χ0) is 20.1. The number of amides is 1. The molecule has 3 rings (SSSR count). The minimum absolute atomic E-state index is 0.0710. The molecule has 1 unspecified atom stereocenters. The molecular formula is C19H23N3O4S2. The zero-order valence-corrected chi connectivity index (χ0v) is 17.4. The number of carbonyl (C=O) groups excluding carboxylic acids is 1. The number of thiazole rings is 1. The second-order valence-electron chi connectivity index (χ2n) is 6.49. The number of carbonyl (C=O) groups is 2. The van der Waals surface area contributed by atoms with E-state index in [0.717, 1.165) is 23.4 Å². The molecule has 0 spiro atoms. The number of aromatic nitrogens is 1. The van der Waals surface area contributed by atoms with Gasteiger partial charge in [-0.2, -0.15) is 0 Å². The molecule has 1 amide bonds. The highest BCUT2D eigenvalue weighted by Crippen LogP contribution is 2.26. The summed E-state index contributed by atoms with van der Waals surface area (Å²) >= 11 is 2.81. The van der Waals surface area contributed by atoms with Crippen LogP contribution < -0.4 is 10.1 Å². The number of ether oxygens (including phenoxy) is 1. The van der Waals surface area contributed by atoms with Crippen molar-refractivity contribution in [2.45, 2.75) is 30.1 Å². The summed E-state index contributed by atoms with van der Waals surface area (Å²) in [5, 5.41) is 13.9. The van der Waals surface area contributed by atoms with E-state index in [1.165, 1.54) is 28.5 Å². The lowest BCUT2D eigenvalue weighted by Gasteiger charge is -2.25. The van der Waals surface area contributed by atoms with E-state index in [-0.39, 0.29) is 17.6 Å². The van der Waals surface area contributed by atoms with E-state index in [1.54, 1.807) is 7.11 Å². The molecule has 2 aromatic rings. The number of likely N-dealkylation sites (tertiary alicyclic amines) is 1. The molecule has 1 fully saturated rings. The molecule has 1 saturated heterocycles. The van der Waals surface area contributed by atoms with Crippen molar-refractivity contribution in [2.75, 3.05) is 31.3 Å². The number of nitrogens with zero attached hydrogens (tertiary/aromatic N) is 2. The number of thioether (sulfide) groups is 1. The second kappa shape index (κ2) is 9.29. The van der Waals surface area contributed by atoms with Crippen molar-refractivity contribution in [3.63, 3.8) is 0 Å². The maximum absolute atomic E-state index is 12.3. The van der Waals surface area contributed by atoms with Gasteiger partial charge in [0.15, 0.2) is 10.0 Å². The van der Waals surface area contributed by atoms with Crippen LogP contribution in [0.2, 0.25) is 0 Å². The number of aryl methyl sites for hydroxylation is 1. The fraction of sp³-hybridized carbons (Fsp3) is 0.421. The Hall–Kier alpha value is -2.26. The lowest BCUT2D eigenvalue weighted by molar-refractivity contribution is -0.128. The summed E-state index contributed by atoms with van der Waals surface area (Å²) in [5.74, 6) is 0.670. The molecule has 1 atom stereocenters. The van der Waals surface area contributed by atoms with Crippen LogP contribution in [0.1, 0.15) is 28.9 Å². The number of hydrogen-bond acceptors (Lipinski definition) is 7. The molecule has 0 radical (unpaired) electrons. The minimum Gasteiger partial charge on any atom is -0.497 e. The van der Waals surface area contributed by atoms with Crippen LogP contribution in [0.3, 0.4) is 0 Å². The number of carboxylic acids is 1. The lowest BCUT2D eigenvalue weighted by Crippen LogP contribution is -2.39. The maximum Gasteiger partial charge on any atom is 0.355 e. The number of rotatable bonds is 9. The molecule has 2 N–H and O–H groups in total. The number of aromatic carboxylic acids is 1. The third-order valence-corrected chi connectivity index (χ3v) is 6.68. The fourth-order valence-electron chi connectivity index (χ4n) is 3.16. The molecule has 0 bridgehead atoms. The molecular weight excluding hydrogens is 398 g/mol. The van der Waals surface area contributed by atoms with Gasteiger partial charge in [0.05, 0.1) is 7.11 Å². The highest BCUT2D eigenvalue weighted by atomic mass is 32.2. The highest BCUT2D eigenvalue weighted by molar-refractivity contribution is 8.01. The van der Waals surface area contributed by atoms with E-state index in [1.807, 2.05) is 30.0 Å². The van der Waals surface area contributed by atoms with E-state index in [0.29, 0.717) is 29.6 Å². The molecule has 0 saturated carbocycles. The second-order valence-corrected chi connectivity index (χ2v) is 8.69. The Bertz CT molecular complexity index is 855. The number of methoxy groups -OCH3 is 1. The van der Waals surface area contributed by atoms with Gasteiger partial charge in [0, 0.05) is 42.4 Å². The van der Waals surface area contributed by atoms with Crippen LogP contribution in [0, 0.1) is 6.92 Å². The first-order valence-electron chi connectivity index (χ1n) is 8.97. The molecule has 1 aromatic carbocycles. The first kappa shape index (κ1) is 20.5. The van der Waals surface area contributed by atoms with Crippen LogP contribution in [-0.4, -0.2) is 58.9 Å². The molecule has 0 aliphatic carbocycles. The van der Waals surface area contributed by atoms with Gasteiger partial charge in [-0.05, 0) is 37.1 Å². The largest absolute Gasteiger partial charge is 0.497 e. The topological polar surface area (TPSA) is 91.8 Å². The van der Waals surface area contributed by atoms with Crippen LogP contribution >= 0.6 is 23.1 Å². The Kier molecular flexibility index (Phi) is 6.79. The van der Waals surface area contributed by atoms with Crippen molar-refractivity contribution in [3.05, 3.63) is 34.8 Å². The average molecular weight is 422 g/mol. The van der Waals surface area contributed by atoms with Gasteiger partial charge in [-0.1, -0.05) is 11.8 Å². The van der Waals surface area contributed by atoms with Crippen LogP contribution in [0.15, 0.2) is 27.9 Å². The number of nitrogens with one attached hydrogen (secondary N) is 1. The van der Waals surface area contributed by atoms with Crippen molar-refractivity contribution < 1.29 is 19.4 Å². The average Bonchev–Trinajstić information content (AvgIpc) is 3.28. The monoisotopic (exact) mass is 421 g/mol. The summed E-state index contributed by atoms with van der Waals surface area (Å²) < 4.78 is 5.95. The Balaban J connectivity index is 1.52. The predicted molar refractivity (Wildman–Crippen MR) is 111 cm³/mol. The summed E-state index contributed by atoms with van der Waals surface area (Å²) in [5.41, 5.74) is 2.21. The highest BCUT2D eigenvalue weighted by Gasteiger charge is 2.30. The number of hydrogen-bond donors (Lipinski definition) is 2. The summed E-state index contributed by atoms with van der Waals surface area (Å²) in [4.78, 5) is 29.2. The Morgan fingerprint density at radius 3 is 3.00 bits per heavy atom. The maximum atomic E-state index is 12.3. The van der Waals surface area contributed by atoms with Crippen molar-refractivity contribution in [3.8, 4) is 5.75 Å². The standard InChI is InChI=1S/C19H23N3O4S2/c1-12-9-14(26-2)4-5-15(12)20-10-13-3-6-17(23)22(13)7-8-27-19-21-16(11-28-19)18(24)25/h4-5,9,11,13,20H,3,6-8,10H2,1-2H3,(H,24,25). The molecule has 2 heterocycles. The van der Waals surface area contributed by atoms with Crippen LogP contribution in [0.25, 0.3) is 0 Å². The third-order valence-electron chi connectivity index (χ3n) is 4.67. The van der Waals surface area contributed by atoms with E-state index < -0.39 is 5.97 Å². The minimum atomic E-state index is -1.02. The molecule has 150 valence electrons. The Morgan fingerprint density at radius 2 is 2.32 bits per heavy atom. The molecule has 28 heavy (non-hydrogen) atoms. The SMILES string of the molecule is COc1ccc(NCC2CCC(=O)N2CCSc2nc(C(=O)O)cs2)c(C)c1. The van der Waals surface area contributed by atoms with Gasteiger partial charge in [-0.15, -0.1) is 11.3 Å². The number of anilines is 1. The molecule has 1 aromatic heterocycles. The molecule has 7 nitrogen and oxygen atoms in total. The first-order valence-corrected chi connectivity index (χ1v) is 10.8. The van der Waals surface area contributed by atoms with E-state index in [9.17, 15) is 9.59 Å². The summed E-state index contributed by atoms with van der Waals surface area (Å²) in [6, 6.07) is 6.05. The van der Waals surface area contributed by atoms with Gasteiger partial charge in [0.25, 0.3) is 0 Å². The lowest BCUT2D eigenvalue weighted by atomic mass is 10.1. The fourth-order valence-corrected chi connectivity index (χ4v) is 4.96.